The second-order valence-corrected chi connectivity index (χ2v) is 35.3. The lowest BCUT2D eigenvalue weighted by atomic mass is 9.91. The van der Waals surface area contributed by atoms with Crippen molar-refractivity contribution in [3.05, 3.63) is 467 Å². The Morgan fingerprint density at radius 2 is 0.530 bits per heavy atom. The van der Waals surface area contributed by atoms with E-state index < -0.39 is 0 Å². The summed E-state index contributed by atoms with van der Waals surface area (Å²) in [6.45, 7) is 0. The zero-order valence-corrected chi connectivity index (χ0v) is 72.4. The van der Waals surface area contributed by atoms with Crippen molar-refractivity contribution in [1.29, 1.82) is 0 Å². The second kappa shape index (κ2) is 29.8. The zero-order chi connectivity index (χ0) is 87.7. The van der Waals surface area contributed by atoms with Crippen molar-refractivity contribution < 1.29 is 13.3 Å². The van der Waals surface area contributed by atoms with Crippen LogP contribution in [0, 0.1) is 0 Å². The lowest BCUT2D eigenvalue weighted by Crippen LogP contribution is -2.13. The van der Waals surface area contributed by atoms with Gasteiger partial charge in [0, 0.05) is 133 Å². The first-order chi connectivity index (χ1) is 66.4. The highest BCUT2D eigenvalue weighted by atomic mass is 16.3. The molecule has 28 rings (SSSR count). The molecule has 134 heavy (non-hydrogen) atoms. The summed E-state index contributed by atoms with van der Waals surface area (Å²) in [5, 5.41) is 11.0. The van der Waals surface area contributed by atoms with Crippen molar-refractivity contribution in [2.24, 2.45) is 0 Å². The molecular weight excluding hydrogens is 1630 g/mol. The lowest BCUT2D eigenvalue weighted by molar-refractivity contribution is 0.669. The van der Waals surface area contributed by atoms with Gasteiger partial charge in [-0.1, -0.05) is 303 Å². The number of fused-ring (bicyclic) bond motifs is 27. The van der Waals surface area contributed by atoms with E-state index in [2.05, 4.69) is 491 Å². The third-order valence-corrected chi connectivity index (χ3v) is 27.9. The van der Waals surface area contributed by atoms with Crippen LogP contribution in [-0.4, -0.2) is 9.13 Å². The second-order valence-electron chi connectivity index (χ2n) is 35.3. The maximum atomic E-state index is 7.55. The molecule has 21 aromatic carbocycles. The van der Waals surface area contributed by atoms with Crippen LogP contribution in [0.1, 0.15) is 0 Å². The molecule has 0 spiro atoms. The molecule has 0 fully saturated rings. The van der Waals surface area contributed by atoms with Crippen LogP contribution < -0.4 is 14.7 Å². The van der Waals surface area contributed by atoms with Crippen LogP contribution in [-0.2, 0) is 0 Å². The molecule has 26 aromatic rings. The van der Waals surface area contributed by atoms with Gasteiger partial charge in [-0.15, -0.1) is 0 Å². The number of hydrogen-bond donors (Lipinski definition) is 0. The average molecular weight is 1710 g/mol. The molecule has 0 saturated carbocycles. The third-order valence-electron chi connectivity index (χ3n) is 27.9. The summed E-state index contributed by atoms with van der Waals surface area (Å²) in [7, 11) is 0. The largest absolute Gasteiger partial charge is 0.455 e. The van der Waals surface area contributed by atoms with Crippen molar-refractivity contribution in [3.8, 4) is 112 Å². The van der Waals surface area contributed by atoms with E-state index in [0.29, 0.717) is 0 Å². The molecule has 8 heteroatoms. The Morgan fingerprint density at radius 3 is 1.10 bits per heavy atom. The molecule has 0 radical (unpaired) electrons. The Bertz CT molecular complexity index is 9250. The third kappa shape index (κ3) is 11.7. The summed E-state index contributed by atoms with van der Waals surface area (Å²) < 4.78 is 27.0. The Hall–Kier alpha value is -18.0. The quantitative estimate of drug-likeness (QED) is 0.108. The van der Waals surface area contributed by atoms with Gasteiger partial charge in [-0.3, -0.25) is 0 Å². The van der Waals surface area contributed by atoms with Crippen molar-refractivity contribution in [1.82, 2.24) is 9.13 Å². The topological polar surface area (TPSA) is 59.0 Å². The molecule has 0 N–H and O–H groups in total. The van der Waals surface area contributed by atoms with Gasteiger partial charge in [0.1, 0.15) is 27.9 Å². The number of furan rings is 3. The van der Waals surface area contributed by atoms with Gasteiger partial charge in [0.2, 0.25) is 0 Å². The van der Waals surface area contributed by atoms with E-state index >= 15 is 0 Å². The standard InChI is InChI=1S/C126H77N5O3/c1-6-26-78(27-7-1)82-50-56-89(57-51-82)127(88-34-14-5-15-35-88)91-36-22-37-92(75-91)129(115-47-25-43-104-98-39-17-20-48-117(98)132-124(104)115)94-61-68-114-110(77-94)100-63-65-105-99-40-18-21-49-118(99)133-125(105)120(100)108-45-24-42-103-97-62-54-85(74-116(97)131(114)123(103)108)84-55-69-119-111(73-84)106-66-64-101-109-76-93(60-67-113(109)130-112-46-19-16-38-96(112)102-41-23-44-107(122(102)130)121(101)126(106)134-119)128(90-58-52-83(53-59-90)79-28-8-2-9-29-79)95-71-86(80-30-10-3-11-31-80)70-87(72-95)81-32-12-4-13-33-81/h1-77H. The maximum absolute atomic E-state index is 7.55. The monoisotopic (exact) mass is 1710 g/mol. The van der Waals surface area contributed by atoms with Crippen molar-refractivity contribution >= 4 is 161 Å². The molecule has 0 bridgehead atoms. The Balaban J connectivity index is 0.627. The van der Waals surface area contributed by atoms with Crippen LogP contribution in [0.25, 0.3) is 221 Å². The molecule has 2 aliphatic rings. The Labute approximate surface area is 771 Å². The Kier molecular flexibility index (Phi) is 16.7. The van der Waals surface area contributed by atoms with Gasteiger partial charge in [-0.05, 0) is 231 Å². The first-order valence-corrected chi connectivity index (χ1v) is 45.8. The van der Waals surface area contributed by atoms with Crippen LogP contribution in [0.5, 0.6) is 0 Å². The van der Waals surface area contributed by atoms with E-state index in [1.54, 1.807) is 0 Å². The molecule has 624 valence electrons. The van der Waals surface area contributed by atoms with Gasteiger partial charge < -0.3 is 37.1 Å². The first-order valence-electron chi connectivity index (χ1n) is 45.8. The smallest absolute Gasteiger partial charge is 0.159 e. The minimum atomic E-state index is 0.788. The molecule has 0 amide bonds. The number of nitrogens with zero attached hydrogens (tertiary/aromatic N) is 5. The molecule has 0 unspecified atom stereocenters. The molecule has 0 aliphatic carbocycles. The fourth-order valence-electron chi connectivity index (χ4n) is 21.9. The van der Waals surface area contributed by atoms with Crippen LogP contribution in [0.2, 0.25) is 0 Å². The van der Waals surface area contributed by atoms with Crippen molar-refractivity contribution in [3.63, 3.8) is 0 Å². The van der Waals surface area contributed by atoms with Gasteiger partial charge in [-0.2, -0.15) is 0 Å². The molecule has 0 atom stereocenters. The number of aromatic nitrogens is 2. The molecule has 7 heterocycles. The molecule has 0 saturated heterocycles. The number of anilines is 9. The van der Waals surface area contributed by atoms with Gasteiger partial charge >= 0.3 is 0 Å². The van der Waals surface area contributed by atoms with E-state index in [-0.39, 0.29) is 0 Å². The number of benzene rings is 21. The first kappa shape index (κ1) is 75.0. The van der Waals surface area contributed by atoms with E-state index in [4.69, 9.17) is 13.3 Å². The van der Waals surface area contributed by atoms with E-state index in [0.717, 1.165) is 250 Å². The van der Waals surface area contributed by atoms with E-state index in [1.165, 1.54) is 21.9 Å². The number of rotatable bonds is 14. The number of hydrogen-bond acceptors (Lipinski definition) is 6. The van der Waals surface area contributed by atoms with Crippen LogP contribution >= 0.6 is 0 Å². The highest BCUT2D eigenvalue weighted by Crippen LogP contribution is 2.57. The zero-order valence-electron chi connectivity index (χ0n) is 72.4. The van der Waals surface area contributed by atoms with Gasteiger partial charge in [0.25, 0.3) is 0 Å². The van der Waals surface area contributed by atoms with Gasteiger partial charge in [-0.25, -0.2) is 0 Å². The summed E-state index contributed by atoms with van der Waals surface area (Å²) in [6, 6.07) is 171. The Morgan fingerprint density at radius 1 is 0.164 bits per heavy atom. The summed E-state index contributed by atoms with van der Waals surface area (Å²) in [5.74, 6) is 0. The highest BCUT2D eigenvalue weighted by Gasteiger charge is 2.34. The molecule has 2 aliphatic heterocycles. The van der Waals surface area contributed by atoms with Crippen molar-refractivity contribution in [2.45, 2.75) is 0 Å². The fraction of sp³-hybridized carbons (Fsp3) is 0. The van der Waals surface area contributed by atoms with Crippen LogP contribution in [0.4, 0.5) is 51.2 Å². The van der Waals surface area contributed by atoms with Crippen molar-refractivity contribution in [2.75, 3.05) is 14.7 Å². The molecular formula is C126H77N5O3. The average Bonchev–Trinajstić information content (AvgIpc) is 1.54. The summed E-state index contributed by atoms with van der Waals surface area (Å²) in [5.41, 5.74) is 40.4. The SMILES string of the molecule is c1ccc(-c2ccc(N(c3ccccc3)c3cccc(N(c4ccc5c(c4)-c4ccc6c(oc7ccccc76)c4-c4cccc6c7ccc(-c8ccc9oc%10c%11c(ccc%10c9c8)-c8cc(N(c9ccc(-c%10ccccc%10)cc9)c9cc(-c%10ccccc%10)cc(-c%10ccccc%10)c9)ccc8-n8c9ccccc9c9cccc-%11c98)cc7n-5c46)c4cccc5c4oc4ccccc45)c3)cc2)cc1. The molecule has 8 nitrogen and oxygen atoms in total. The minimum Gasteiger partial charge on any atom is -0.455 e. The maximum Gasteiger partial charge on any atom is 0.159 e. The van der Waals surface area contributed by atoms with Crippen LogP contribution in [0.15, 0.2) is 480 Å². The predicted molar refractivity (Wildman–Crippen MR) is 557 cm³/mol. The van der Waals surface area contributed by atoms with Gasteiger partial charge in [0.15, 0.2) is 5.58 Å². The minimum absolute atomic E-state index is 0.788. The number of para-hydroxylation sites is 7. The van der Waals surface area contributed by atoms with Gasteiger partial charge in [0.05, 0.1) is 39.1 Å². The summed E-state index contributed by atoms with van der Waals surface area (Å²) in [4.78, 5) is 7.19. The summed E-state index contributed by atoms with van der Waals surface area (Å²) in [6.07, 6.45) is 0. The van der Waals surface area contributed by atoms with Crippen LogP contribution in [0.3, 0.4) is 0 Å². The normalized spacial score (nSPS) is 12.0. The summed E-state index contributed by atoms with van der Waals surface area (Å²) >= 11 is 0. The van der Waals surface area contributed by atoms with E-state index in [1.807, 2.05) is 0 Å². The van der Waals surface area contributed by atoms with E-state index in [9.17, 15) is 0 Å². The lowest BCUT2D eigenvalue weighted by Gasteiger charge is -2.30. The highest BCUT2D eigenvalue weighted by molar-refractivity contribution is 6.25. The fourth-order valence-corrected chi connectivity index (χ4v) is 21.9. The molecule has 5 aromatic heterocycles. The predicted octanol–water partition coefficient (Wildman–Crippen LogP) is 35.6.